The van der Waals surface area contributed by atoms with Crippen LogP contribution in [0.5, 0.6) is 0 Å². The third-order valence-electron chi connectivity index (χ3n) is 3.42. The molecule has 0 aliphatic carbocycles. The van der Waals surface area contributed by atoms with E-state index in [0.29, 0.717) is 18.2 Å². The van der Waals surface area contributed by atoms with Crippen LogP contribution in [0.15, 0.2) is 48.5 Å². The summed E-state index contributed by atoms with van der Waals surface area (Å²) >= 11 is 0. The number of nitrogens with zero attached hydrogens (tertiary/aromatic N) is 1. The molecule has 0 bridgehead atoms. The smallest absolute Gasteiger partial charge is 0.295 e. The Labute approximate surface area is 122 Å². The fraction of sp³-hybridized carbons (Fsp3) is 0.250. The highest BCUT2D eigenvalue weighted by Gasteiger charge is 2.14. The number of hydrogen-bond donors (Lipinski definition) is 1. The van der Waals surface area contributed by atoms with Crippen molar-refractivity contribution in [2.45, 2.75) is 19.3 Å². The van der Waals surface area contributed by atoms with Gasteiger partial charge in [-0.05, 0) is 30.0 Å². The van der Waals surface area contributed by atoms with Crippen LogP contribution < -0.4 is 5.32 Å². The lowest BCUT2D eigenvalue weighted by Gasteiger charge is -2.13. The molecule has 5 heteroatoms. The lowest BCUT2D eigenvalue weighted by Crippen LogP contribution is -2.07. The van der Waals surface area contributed by atoms with Crippen molar-refractivity contribution in [1.82, 2.24) is 0 Å². The Balaban J connectivity index is 1.96. The van der Waals surface area contributed by atoms with E-state index in [0.717, 1.165) is 12.5 Å². The molecule has 0 aliphatic heterocycles. The van der Waals surface area contributed by atoms with Crippen LogP contribution in [0.3, 0.4) is 0 Å². The van der Waals surface area contributed by atoms with E-state index in [9.17, 15) is 14.5 Å². The molecule has 2 aromatic carbocycles. The van der Waals surface area contributed by atoms with Crippen LogP contribution in [0, 0.1) is 15.9 Å². The molecule has 1 N–H and O–H groups in total. The monoisotopic (exact) mass is 288 g/mol. The fourth-order valence-corrected chi connectivity index (χ4v) is 2.18. The molecule has 0 aliphatic rings. The van der Waals surface area contributed by atoms with E-state index in [1.54, 1.807) is 0 Å². The SMILES string of the molecule is CC(CCNc1ccc(F)cc1[N+](=O)[O-])c1ccccc1. The number of hydrogen-bond acceptors (Lipinski definition) is 3. The van der Waals surface area contributed by atoms with E-state index in [4.69, 9.17) is 0 Å². The third-order valence-corrected chi connectivity index (χ3v) is 3.42. The highest BCUT2D eigenvalue weighted by atomic mass is 19.1. The summed E-state index contributed by atoms with van der Waals surface area (Å²) in [5.74, 6) is -0.261. The molecule has 0 amide bonds. The molecule has 0 heterocycles. The van der Waals surface area contributed by atoms with Gasteiger partial charge in [0, 0.05) is 6.54 Å². The highest BCUT2D eigenvalue weighted by molar-refractivity contribution is 5.61. The van der Waals surface area contributed by atoms with Gasteiger partial charge in [-0.2, -0.15) is 0 Å². The van der Waals surface area contributed by atoms with Crippen molar-refractivity contribution < 1.29 is 9.31 Å². The summed E-state index contributed by atoms with van der Waals surface area (Å²) in [6.07, 6.45) is 0.832. The molecule has 2 aromatic rings. The maximum Gasteiger partial charge on any atom is 0.295 e. The minimum Gasteiger partial charge on any atom is -0.379 e. The van der Waals surface area contributed by atoms with E-state index in [-0.39, 0.29) is 5.69 Å². The summed E-state index contributed by atoms with van der Waals surface area (Å²) < 4.78 is 13.0. The molecule has 1 atom stereocenters. The van der Waals surface area contributed by atoms with Crippen LogP contribution in [-0.2, 0) is 0 Å². The van der Waals surface area contributed by atoms with Gasteiger partial charge in [0.1, 0.15) is 11.5 Å². The Hall–Kier alpha value is -2.43. The maximum absolute atomic E-state index is 13.0. The van der Waals surface area contributed by atoms with E-state index in [1.807, 2.05) is 18.2 Å². The molecule has 0 saturated heterocycles. The number of nitrogens with one attached hydrogen (secondary N) is 1. The predicted octanol–water partition coefficient (Wildman–Crippen LogP) is 4.34. The average molecular weight is 288 g/mol. The lowest BCUT2D eigenvalue weighted by molar-refractivity contribution is -0.384. The molecule has 0 aromatic heterocycles. The summed E-state index contributed by atoms with van der Waals surface area (Å²) in [6, 6.07) is 13.6. The van der Waals surface area contributed by atoms with Gasteiger partial charge in [-0.25, -0.2) is 4.39 Å². The van der Waals surface area contributed by atoms with Crippen molar-refractivity contribution >= 4 is 11.4 Å². The first-order valence-corrected chi connectivity index (χ1v) is 6.80. The second-order valence-corrected chi connectivity index (χ2v) is 4.95. The first kappa shape index (κ1) is 15.0. The van der Waals surface area contributed by atoms with Crippen LogP contribution in [0.25, 0.3) is 0 Å². The molecule has 21 heavy (non-hydrogen) atoms. The number of nitro benzene ring substituents is 1. The summed E-state index contributed by atoms with van der Waals surface area (Å²) in [4.78, 5) is 10.3. The van der Waals surface area contributed by atoms with E-state index < -0.39 is 10.7 Å². The summed E-state index contributed by atoms with van der Waals surface area (Å²) in [7, 11) is 0. The van der Waals surface area contributed by atoms with Gasteiger partial charge in [0.05, 0.1) is 11.0 Å². The Morgan fingerprint density at radius 2 is 1.95 bits per heavy atom. The summed E-state index contributed by atoms with van der Waals surface area (Å²) in [6.45, 7) is 2.69. The minimum atomic E-state index is -0.607. The van der Waals surface area contributed by atoms with E-state index in [1.165, 1.54) is 17.7 Å². The van der Waals surface area contributed by atoms with Crippen molar-refractivity contribution in [3.63, 3.8) is 0 Å². The van der Waals surface area contributed by atoms with Crippen molar-refractivity contribution in [1.29, 1.82) is 0 Å². The second kappa shape index (κ2) is 6.83. The fourth-order valence-electron chi connectivity index (χ4n) is 2.18. The van der Waals surface area contributed by atoms with Gasteiger partial charge in [0.25, 0.3) is 5.69 Å². The first-order chi connectivity index (χ1) is 10.1. The van der Waals surface area contributed by atoms with Crippen molar-refractivity contribution in [2.75, 3.05) is 11.9 Å². The molecular weight excluding hydrogens is 271 g/mol. The third kappa shape index (κ3) is 4.02. The Morgan fingerprint density at radius 1 is 1.24 bits per heavy atom. The lowest BCUT2D eigenvalue weighted by atomic mass is 9.98. The molecular formula is C16H17FN2O2. The standard InChI is InChI=1S/C16H17FN2O2/c1-12(13-5-3-2-4-6-13)9-10-18-15-8-7-14(17)11-16(15)19(20)21/h2-8,11-12,18H,9-10H2,1H3. The summed E-state index contributed by atoms with van der Waals surface area (Å²) in [5.41, 5.74) is 1.34. The zero-order chi connectivity index (χ0) is 15.2. The number of nitro groups is 1. The molecule has 0 spiro atoms. The highest BCUT2D eigenvalue weighted by Crippen LogP contribution is 2.26. The second-order valence-electron chi connectivity index (χ2n) is 4.95. The van der Waals surface area contributed by atoms with Gasteiger partial charge >= 0.3 is 0 Å². The van der Waals surface area contributed by atoms with Gasteiger partial charge in [0.15, 0.2) is 0 Å². The van der Waals surface area contributed by atoms with Crippen molar-refractivity contribution in [2.24, 2.45) is 0 Å². The minimum absolute atomic E-state index is 0.234. The van der Waals surface area contributed by atoms with Crippen LogP contribution in [0.2, 0.25) is 0 Å². The van der Waals surface area contributed by atoms with Crippen LogP contribution in [0.1, 0.15) is 24.8 Å². The van der Waals surface area contributed by atoms with E-state index in [2.05, 4.69) is 24.4 Å². The van der Waals surface area contributed by atoms with Crippen LogP contribution in [-0.4, -0.2) is 11.5 Å². The predicted molar refractivity (Wildman–Crippen MR) is 81.0 cm³/mol. The summed E-state index contributed by atoms with van der Waals surface area (Å²) in [5, 5.41) is 13.9. The van der Waals surface area contributed by atoms with Gasteiger partial charge < -0.3 is 5.32 Å². The normalized spacial score (nSPS) is 11.9. The Morgan fingerprint density at radius 3 is 2.62 bits per heavy atom. The first-order valence-electron chi connectivity index (χ1n) is 6.80. The zero-order valence-corrected chi connectivity index (χ0v) is 11.8. The number of benzene rings is 2. The van der Waals surface area contributed by atoms with Crippen LogP contribution in [0.4, 0.5) is 15.8 Å². The molecule has 0 radical (unpaired) electrons. The van der Waals surface area contributed by atoms with Gasteiger partial charge in [0.2, 0.25) is 0 Å². The number of halogens is 1. The van der Waals surface area contributed by atoms with E-state index >= 15 is 0 Å². The topological polar surface area (TPSA) is 55.2 Å². The average Bonchev–Trinajstić information content (AvgIpc) is 2.49. The zero-order valence-electron chi connectivity index (χ0n) is 11.8. The van der Waals surface area contributed by atoms with Crippen LogP contribution >= 0.6 is 0 Å². The maximum atomic E-state index is 13.0. The molecule has 0 saturated carbocycles. The van der Waals surface area contributed by atoms with Crippen molar-refractivity contribution in [3.8, 4) is 0 Å². The van der Waals surface area contributed by atoms with Gasteiger partial charge in [-0.1, -0.05) is 37.3 Å². The Bertz CT molecular complexity index is 617. The quantitative estimate of drug-likeness (QED) is 0.635. The van der Waals surface area contributed by atoms with Crippen molar-refractivity contribution in [3.05, 3.63) is 70.0 Å². The molecule has 0 fully saturated rings. The number of anilines is 1. The Kier molecular flexibility index (Phi) is 4.87. The number of rotatable bonds is 6. The molecule has 110 valence electrons. The van der Waals surface area contributed by atoms with Gasteiger partial charge in [-0.3, -0.25) is 10.1 Å². The molecule has 1 unspecified atom stereocenters. The van der Waals surface area contributed by atoms with Gasteiger partial charge in [-0.15, -0.1) is 0 Å². The molecule has 4 nitrogen and oxygen atoms in total. The largest absolute Gasteiger partial charge is 0.379 e. The molecule has 2 rings (SSSR count).